The zero-order valence-corrected chi connectivity index (χ0v) is 19.6. The summed E-state index contributed by atoms with van der Waals surface area (Å²) in [7, 11) is 1.65. The molecule has 0 saturated heterocycles. The molecule has 1 amide bonds. The largest absolute Gasteiger partial charge is 0.497 e. The van der Waals surface area contributed by atoms with Crippen molar-refractivity contribution in [2.45, 2.75) is 37.3 Å². The number of nitrogens with zero attached hydrogens (tertiary/aromatic N) is 3. The van der Waals surface area contributed by atoms with Gasteiger partial charge in [-0.2, -0.15) is 5.10 Å². The van der Waals surface area contributed by atoms with Crippen molar-refractivity contribution in [3.05, 3.63) is 77.6 Å². The summed E-state index contributed by atoms with van der Waals surface area (Å²) < 4.78 is 7.08. The minimum atomic E-state index is 0.0341. The summed E-state index contributed by atoms with van der Waals surface area (Å²) in [6.45, 7) is 1.97. The number of amides is 1. The number of thioether (sulfide) groups is 1. The van der Waals surface area contributed by atoms with E-state index in [4.69, 9.17) is 9.72 Å². The van der Waals surface area contributed by atoms with E-state index in [2.05, 4.69) is 28.6 Å². The highest BCUT2D eigenvalue weighted by atomic mass is 32.2. The van der Waals surface area contributed by atoms with Gasteiger partial charge in [0.15, 0.2) is 5.65 Å². The van der Waals surface area contributed by atoms with Crippen LogP contribution in [0.5, 0.6) is 5.75 Å². The average Bonchev–Trinajstić information content (AvgIpc) is 3.26. The molecular weight excluding hydrogens is 432 g/mol. The van der Waals surface area contributed by atoms with Gasteiger partial charge in [-0.15, -0.1) is 0 Å². The quantitative estimate of drug-likeness (QED) is 0.325. The van der Waals surface area contributed by atoms with Crippen LogP contribution in [0.3, 0.4) is 0 Å². The third kappa shape index (κ3) is 4.46. The van der Waals surface area contributed by atoms with Crippen molar-refractivity contribution < 1.29 is 9.53 Å². The van der Waals surface area contributed by atoms with Crippen LogP contribution in [-0.2, 0) is 11.2 Å². The summed E-state index contributed by atoms with van der Waals surface area (Å²) in [6.07, 6.45) is 4.99. The number of rotatable bonds is 6. The van der Waals surface area contributed by atoms with Crippen LogP contribution in [0.25, 0.3) is 16.8 Å². The van der Waals surface area contributed by atoms with Crippen molar-refractivity contribution in [2.24, 2.45) is 0 Å². The first-order valence-electron chi connectivity index (χ1n) is 11.1. The summed E-state index contributed by atoms with van der Waals surface area (Å²) in [5, 5.41) is 8.70. The Morgan fingerprint density at radius 1 is 1.21 bits per heavy atom. The Morgan fingerprint density at radius 2 is 2.03 bits per heavy atom. The second kappa shape index (κ2) is 9.27. The number of aromatic nitrogens is 3. The molecule has 2 aromatic heterocycles. The molecule has 0 unspecified atom stereocenters. The lowest BCUT2D eigenvalue weighted by Crippen LogP contribution is -2.32. The minimum absolute atomic E-state index is 0.0341. The molecule has 0 radical (unpaired) electrons. The van der Waals surface area contributed by atoms with Gasteiger partial charge in [-0.25, -0.2) is 9.50 Å². The second-order valence-corrected chi connectivity index (χ2v) is 9.25. The van der Waals surface area contributed by atoms with Crippen LogP contribution in [-0.4, -0.2) is 33.4 Å². The van der Waals surface area contributed by atoms with Crippen molar-refractivity contribution in [3.63, 3.8) is 0 Å². The van der Waals surface area contributed by atoms with Crippen molar-refractivity contribution >= 4 is 23.3 Å². The molecule has 168 valence electrons. The van der Waals surface area contributed by atoms with Crippen LogP contribution in [0.4, 0.5) is 0 Å². The number of nitrogens with one attached hydrogen (secondary N) is 1. The maximum Gasteiger partial charge on any atom is 0.230 e. The molecule has 4 aromatic rings. The predicted molar refractivity (Wildman–Crippen MR) is 131 cm³/mol. The molecule has 0 aliphatic heterocycles. The van der Waals surface area contributed by atoms with E-state index in [1.54, 1.807) is 7.11 Å². The number of carbonyl (C=O) groups is 1. The summed E-state index contributed by atoms with van der Waals surface area (Å²) in [5.41, 5.74) is 6.24. The van der Waals surface area contributed by atoms with Gasteiger partial charge in [0.1, 0.15) is 10.8 Å². The highest BCUT2D eigenvalue weighted by Gasteiger charge is 2.21. The minimum Gasteiger partial charge on any atom is -0.497 e. The molecule has 0 fully saturated rings. The van der Waals surface area contributed by atoms with E-state index >= 15 is 0 Å². The summed E-state index contributed by atoms with van der Waals surface area (Å²) in [4.78, 5) is 17.5. The summed E-state index contributed by atoms with van der Waals surface area (Å²) in [5.74, 6) is 1.17. The number of fused-ring (bicyclic) bond motifs is 2. The van der Waals surface area contributed by atoms with E-state index in [1.807, 2.05) is 54.0 Å². The summed E-state index contributed by atoms with van der Waals surface area (Å²) >= 11 is 1.49. The Kier molecular flexibility index (Phi) is 6.05. The van der Waals surface area contributed by atoms with Crippen LogP contribution in [0.2, 0.25) is 0 Å². The van der Waals surface area contributed by atoms with Crippen LogP contribution >= 0.6 is 11.8 Å². The molecule has 1 N–H and O–H groups in total. The lowest BCUT2D eigenvalue weighted by atomic mass is 9.88. The Labute approximate surface area is 197 Å². The number of carbonyl (C=O) groups excluding carboxylic acids is 1. The van der Waals surface area contributed by atoms with Crippen molar-refractivity contribution in [1.29, 1.82) is 0 Å². The number of ether oxygens (including phenoxy) is 1. The molecule has 33 heavy (non-hydrogen) atoms. The predicted octanol–water partition coefficient (Wildman–Crippen LogP) is 5.00. The molecule has 2 heterocycles. The first-order chi connectivity index (χ1) is 16.1. The Balaban J connectivity index is 1.33. The zero-order valence-electron chi connectivity index (χ0n) is 18.7. The van der Waals surface area contributed by atoms with E-state index in [0.29, 0.717) is 5.75 Å². The standard InChI is InChI=1S/C26H26N4O2S/c1-17-14-25(30-26(28-17)22(15-27-30)19-10-12-20(32-2)13-11-19)33-16-24(31)29-23-9-5-7-18-6-3-4-8-21(18)23/h3-4,6,8,10-15,23H,5,7,9,16H2,1-2H3,(H,29,31)/t23-/m1/s1. The third-order valence-corrected chi connectivity index (χ3v) is 7.02. The first kappa shape index (κ1) is 21.5. The highest BCUT2D eigenvalue weighted by molar-refractivity contribution is 7.99. The maximum atomic E-state index is 12.8. The fraction of sp³-hybridized carbons (Fsp3) is 0.269. The molecule has 0 bridgehead atoms. The Bertz CT molecular complexity index is 1300. The molecule has 7 heteroatoms. The SMILES string of the molecule is COc1ccc(-c2cnn3c(SCC(=O)N[C@@H]4CCCc5ccccc54)cc(C)nc23)cc1. The van der Waals surface area contributed by atoms with Gasteiger partial charge in [0.2, 0.25) is 5.91 Å². The molecule has 6 nitrogen and oxygen atoms in total. The van der Waals surface area contributed by atoms with Crippen molar-refractivity contribution in [1.82, 2.24) is 19.9 Å². The molecule has 0 saturated carbocycles. The average molecular weight is 459 g/mol. The van der Waals surface area contributed by atoms with E-state index < -0.39 is 0 Å². The van der Waals surface area contributed by atoms with Crippen LogP contribution in [0.1, 0.15) is 35.7 Å². The topological polar surface area (TPSA) is 68.5 Å². The van der Waals surface area contributed by atoms with Gasteiger partial charge in [-0.3, -0.25) is 4.79 Å². The van der Waals surface area contributed by atoms with Gasteiger partial charge in [0.25, 0.3) is 0 Å². The highest BCUT2D eigenvalue weighted by Crippen LogP contribution is 2.31. The van der Waals surface area contributed by atoms with Gasteiger partial charge in [0, 0.05) is 11.3 Å². The molecule has 1 aliphatic rings. The zero-order chi connectivity index (χ0) is 22.8. The number of hydrogen-bond donors (Lipinski definition) is 1. The molecule has 0 spiro atoms. The first-order valence-corrected chi connectivity index (χ1v) is 12.1. The second-order valence-electron chi connectivity index (χ2n) is 8.26. The van der Waals surface area contributed by atoms with Crippen molar-refractivity contribution in [3.8, 4) is 16.9 Å². The lowest BCUT2D eigenvalue weighted by Gasteiger charge is -2.26. The van der Waals surface area contributed by atoms with E-state index in [-0.39, 0.29) is 11.9 Å². The van der Waals surface area contributed by atoms with Gasteiger partial charge in [-0.05, 0) is 61.1 Å². The molecule has 5 rings (SSSR count). The monoisotopic (exact) mass is 458 g/mol. The van der Waals surface area contributed by atoms with Crippen LogP contribution in [0, 0.1) is 6.92 Å². The van der Waals surface area contributed by atoms with Gasteiger partial charge in [0.05, 0.1) is 25.1 Å². The molecule has 1 aliphatic carbocycles. The summed E-state index contributed by atoms with van der Waals surface area (Å²) in [6, 6.07) is 18.3. The Hall–Kier alpha value is -3.32. The number of hydrogen-bond acceptors (Lipinski definition) is 5. The van der Waals surface area contributed by atoms with E-state index in [1.165, 1.54) is 22.9 Å². The maximum absolute atomic E-state index is 12.8. The van der Waals surface area contributed by atoms with Crippen LogP contribution in [0.15, 0.2) is 65.8 Å². The van der Waals surface area contributed by atoms with Gasteiger partial charge >= 0.3 is 0 Å². The number of methoxy groups -OCH3 is 1. The molecule has 2 aromatic carbocycles. The van der Waals surface area contributed by atoms with E-state index in [0.717, 1.165) is 52.5 Å². The van der Waals surface area contributed by atoms with Gasteiger partial charge < -0.3 is 10.1 Å². The molecule has 1 atom stereocenters. The van der Waals surface area contributed by atoms with E-state index in [9.17, 15) is 4.79 Å². The van der Waals surface area contributed by atoms with Gasteiger partial charge in [-0.1, -0.05) is 48.2 Å². The third-order valence-electron chi connectivity index (χ3n) is 6.02. The molecular formula is C26H26N4O2S. The van der Waals surface area contributed by atoms with Crippen LogP contribution < -0.4 is 10.1 Å². The number of aryl methyl sites for hydroxylation is 2. The smallest absolute Gasteiger partial charge is 0.230 e. The Morgan fingerprint density at radius 3 is 2.85 bits per heavy atom. The number of benzene rings is 2. The lowest BCUT2D eigenvalue weighted by molar-refractivity contribution is -0.119. The fourth-order valence-electron chi connectivity index (χ4n) is 4.41. The fourth-order valence-corrected chi connectivity index (χ4v) is 5.28. The van der Waals surface area contributed by atoms with Crippen molar-refractivity contribution in [2.75, 3.05) is 12.9 Å². The normalized spacial score (nSPS) is 15.3.